The van der Waals surface area contributed by atoms with Crippen LogP contribution in [0.15, 0.2) is 34.4 Å². The Morgan fingerprint density at radius 3 is 2.47 bits per heavy atom. The molecule has 4 nitrogen and oxygen atoms in total. The summed E-state index contributed by atoms with van der Waals surface area (Å²) in [5.41, 5.74) is 2.51. The standard InChI is InChI=1S/C12H14F3N3O/c1-8(2)17-18-11(12(13,14)15)16-9-5-4-6-10(7-9)19-3/h4-7H,1-3H3,(H,16,18). The second-order valence-corrected chi connectivity index (χ2v) is 3.83. The van der Waals surface area contributed by atoms with Gasteiger partial charge in [-0.25, -0.2) is 4.99 Å². The van der Waals surface area contributed by atoms with Gasteiger partial charge < -0.3 is 4.74 Å². The van der Waals surface area contributed by atoms with Crippen LogP contribution in [-0.4, -0.2) is 24.8 Å². The van der Waals surface area contributed by atoms with Crippen molar-refractivity contribution in [2.45, 2.75) is 20.0 Å². The maximum Gasteiger partial charge on any atom is 0.451 e. The predicted molar refractivity (Wildman–Crippen MR) is 68.1 cm³/mol. The SMILES string of the molecule is COc1cccc(N=C(NN=C(C)C)C(F)(F)F)c1. The summed E-state index contributed by atoms with van der Waals surface area (Å²) >= 11 is 0. The van der Waals surface area contributed by atoms with Gasteiger partial charge in [-0.05, 0) is 26.0 Å². The number of benzene rings is 1. The molecular formula is C12H14F3N3O. The fourth-order valence-corrected chi connectivity index (χ4v) is 1.13. The van der Waals surface area contributed by atoms with Crippen LogP contribution in [-0.2, 0) is 0 Å². The molecule has 0 aromatic heterocycles. The summed E-state index contributed by atoms with van der Waals surface area (Å²) in [4.78, 5) is 3.50. The molecule has 0 bridgehead atoms. The summed E-state index contributed by atoms with van der Waals surface area (Å²) in [6.45, 7) is 3.15. The van der Waals surface area contributed by atoms with Crippen molar-refractivity contribution in [1.82, 2.24) is 5.43 Å². The van der Waals surface area contributed by atoms with E-state index in [0.717, 1.165) is 0 Å². The van der Waals surface area contributed by atoms with Gasteiger partial charge in [0.25, 0.3) is 0 Å². The Labute approximate surface area is 109 Å². The van der Waals surface area contributed by atoms with E-state index in [4.69, 9.17) is 4.74 Å². The maximum atomic E-state index is 12.7. The number of aliphatic imine (C=N–C) groups is 1. The van der Waals surface area contributed by atoms with Crippen LogP contribution in [0.1, 0.15) is 13.8 Å². The number of alkyl halides is 3. The zero-order valence-corrected chi connectivity index (χ0v) is 10.7. The molecule has 19 heavy (non-hydrogen) atoms. The summed E-state index contributed by atoms with van der Waals surface area (Å²) in [5.74, 6) is -0.750. The molecule has 1 aromatic carbocycles. The number of hydrogen-bond acceptors (Lipinski definition) is 3. The van der Waals surface area contributed by atoms with Gasteiger partial charge in [0.2, 0.25) is 5.84 Å². The second kappa shape index (κ2) is 6.21. The zero-order chi connectivity index (χ0) is 14.5. The van der Waals surface area contributed by atoms with Gasteiger partial charge in [-0.2, -0.15) is 18.3 Å². The molecule has 0 heterocycles. The minimum absolute atomic E-state index is 0.128. The Balaban J connectivity index is 3.08. The van der Waals surface area contributed by atoms with Gasteiger partial charge in [-0.3, -0.25) is 5.43 Å². The summed E-state index contributed by atoms with van der Waals surface area (Å²) in [5, 5.41) is 3.51. The Bertz CT molecular complexity index is 491. The molecule has 104 valence electrons. The average Bonchev–Trinajstić information content (AvgIpc) is 2.33. The number of rotatable bonds is 3. The highest BCUT2D eigenvalue weighted by Crippen LogP contribution is 2.23. The van der Waals surface area contributed by atoms with Crippen molar-refractivity contribution in [3.05, 3.63) is 24.3 Å². The molecule has 0 spiro atoms. The van der Waals surface area contributed by atoms with Gasteiger partial charge in [0.15, 0.2) is 0 Å². The molecule has 0 saturated heterocycles. The average molecular weight is 273 g/mol. The van der Waals surface area contributed by atoms with E-state index >= 15 is 0 Å². The van der Waals surface area contributed by atoms with Crippen molar-refractivity contribution in [2.75, 3.05) is 7.11 Å². The highest BCUT2D eigenvalue weighted by atomic mass is 19.4. The molecule has 0 aliphatic carbocycles. The fraction of sp³-hybridized carbons (Fsp3) is 0.333. The molecule has 0 fully saturated rings. The van der Waals surface area contributed by atoms with Gasteiger partial charge in [0.1, 0.15) is 5.75 Å². The number of hydrogen-bond donors (Lipinski definition) is 1. The second-order valence-electron chi connectivity index (χ2n) is 3.83. The van der Waals surface area contributed by atoms with Crippen LogP contribution >= 0.6 is 0 Å². The molecule has 0 saturated carbocycles. The summed E-state index contributed by atoms with van der Waals surface area (Å²) in [7, 11) is 1.43. The molecule has 7 heteroatoms. The van der Waals surface area contributed by atoms with E-state index < -0.39 is 12.0 Å². The molecule has 1 rings (SSSR count). The van der Waals surface area contributed by atoms with E-state index in [0.29, 0.717) is 11.5 Å². The van der Waals surface area contributed by atoms with Crippen molar-refractivity contribution in [3.8, 4) is 5.75 Å². The van der Waals surface area contributed by atoms with Crippen molar-refractivity contribution in [2.24, 2.45) is 10.1 Å². The lowest BCUT2D eigenvalue weighted by molar-refractivity contribution is -0.0617. The van der Waals surface area contributed by atoms with Gasteiger partial charge in [0, 0.05) is 11.8 Å². The number of halogens is 3. The lowest BCUT2D eigenvalue weighted by Crippen LogP contribution is -2.34. The van der Waals surface area contributed by atoms with Crippen molar-refractivity contribution in [3.63, 3.8) is 0 Å². The van der Waals surface area contributed by atoms with E-state index in [1.807, 2.05) is 5.43 Å². The van der Waals surface area contributed by atoms with Crippen LogP contribution in [0.25, 0.3) is 0 Å². The number of hydrazone groups is 1. The summed E-state index contributed by atoms with van der Waals surface area (Å²) in [6, 6.07) is 6.02. The number of ether oxygens (including phenoxy) is 1. The van der Waals surface area contributed by atoms with Gasteiger partial charge >= 0.3 is 6.18 Å². The van der Waals surface area contributed by atoms with Crippen LogP contribution in [0, 0.1) is 0 Å². The van der Waals surface area contributed by atoms with Crippen LogP contribution in [0.5, 0.6) is 5.75 Å². The number of nitrogens with zero attached hydrogens (tertiary/aromatic N) is 2. The zero-order valence-electron chi connectivity index (χ0n) is 10.7. The van der Waals surface area contributed by atoms with Crippen molar-refractivity contribution < 1.29 is 17.9 Å². The lowest BCUT2D eigenvalue weighted by atomic mass is 10.3. The van der Waals surface area contributed by atoms with Gasteiger partial charge in [-0.15, -0.1) is 0 Å². The van der Waals surface area contributed by atoms with Crippen molar-refractivity contribution in [1.29, 1.82) is 0 Å². The third-order valence-corrected chi connectivity index (χ3v) is 1.95. The highest BCUT2D eigenvalue weighted by Gasteiger charge is 2.36. The normalized spacial score (nSPS) is 12.0. The first-order chi connectivity index (χ1) is 8.82. The van der Waals surface area contributed by atoms with Crippen LogP contribution in [0.2, 0.25) is 0 Å². The largest absolute Gasteiger partial charge is 0.497 e. The van der Waals surface area contributed by atoms with Crippen molar-refractivity contribution >= 4 is 17.2 Å². The minimum atomic E-state index is -4.61. The molecule has 1 aromatic rings. The maximum absolute atomic E-state index is 12.7. The first kappa shape index (κ1) is 15.0. The third kappa shape index (κ3) is 4.99. The van der Waals surface area contributed by atoms with Gasteiger partial charge in [0.05, 0.1) is 12.8 Å². The molecule has 1 N–H and O–H groups in total. The third-order valence-electron chi connectivity index (χ3n) is 1.95. The Hall–Kier alpha value is -2.05. The number of amidine groups is 1. The van der Waals surface area contributed by atoms with Gasteiger partial charge in [-0.1, -0.05) is 6.07 Å². The smallest absolute Gasteiger partial charge is 0.451 e. The Morgan fingerprint density at radius 1 is 1.26 bits per heavy atom. The van der Waals surface area contributed by atoms with E-state index in [1.165, 1.54) is 19.2 Å². The van der Waals surface area contributed by atoms with Crippen LogP contribution in [0.3, 0.4) is 0 Å². The number of nitrogens with one attached hydrogen (secondary N) is 1. The molecule has 0 radical (unpaired) electrons. The number of methoxy groups -OCH3 is 1. The molecule has 0 amide bonds. The van der Waals surface area contributed by atoms with Crippen LogP contribution < -0.4 is 10.2 Å². The molecule has 0 atom stereocenters. The summed E-state index contributed by atoms with van der Waals surface area (Å²) < 4.78 is 43.2. The topological polar surface area (TPSA) is 46.0 Å². The summed E-state index contributed by atoms with van der Waals surface area (Å²) in [6.07, 6.45) is -4.61. The molecule has 0 aliphatic rings. The Kier molecular flexibility index (Phi) is 4.91. The first-order valence-electron chi connectivity index (χ1n) is 5.40. The first-order valence-corrected chi connectivity index (χ1v) is 5.40. The molecule has 0 unspecified atom stereocenters. The van der Waals surface area contributed by atoms with E-state index in [1.54, 1.807) is 26.0 Å². The minimum Gasteiger partial charge on any atom is -0.497 e. The predicted octanol–water partition coefficient (Wildman–Crippen LogP) is 3.27. The van der Waals surface area contributed by atoms with E-state index in [-0.39, 0.29) is 5.69 Å². The molecular weight excluding hydrogens is 259 g/mol. The van der Waals surface area contributed by atoms with Crippen LogP contribution in [0.4, 0.5) is 18.9 Å². The highest BCUT2D eigenvalue weighted by molar-refractivity contribution is 5.91. The Morgan fingerprint density at radius 2 is 1.95 bits per heavy atom. The lowest BCUT2D eigenvalue weighted by Gasteiger charge is -2.10. The van der Waals surface area contributed by atoms with E-state index in [9.17, 15) is 13.2 Å². The van der Waals surface area contributed by atoms with E-state index in [2.05, 4.69) is 10.1 Å². The monoisotopic (exact) mass is 273 g/mol. The quantitative estimate of drug-likeness (QED) is 0.522. The molecule has 0 aliphatic heterocycles. The fourth-order valence-electron chi connectivity index (χ4n) is 1.13.